The standard InChI is InChI=1S/C24H25FN2O3/c1-29-22-16-17(6-12-21(22)30-15-14-26)7-13-23(28)27-24(18-4-2-3-5-18)19-8-10-20(25)11-9-19/h6-13,16,18,24H,2-5,15H2,1H3,(H,27,28). The number of hydrogen-bond donors (Lipinski definition) is 1. The van der Waals surface area contributed by atoms with E-state index in [2.05, 4.69) is 5.32 Å². The van der Waals surface area contributed by atoms with Gasteiger partial charge in [0.15, 0.2) is 18.1 Å². The zero-order valence-electron chi connectivity index (χ0n) is 16.9. The van der Waals surface area contributed by atoms with Crippen LogP contribution in [0.25, 0.3) is 6.08 Å². The highest BCUT2D eigenvalue weighted by molar-refractivity contribution is 5.92. The van der Waals surface area contributed by atoms with Crippen LogP contribution >= 0.6 is 0 Å². The van der Waals surface area contributed by atoms with Crippen molar-refractivity contribution in [1.29, 1.82) is 5.26 Å². The molecule has 3 rings (SSSR count). The maximum atomic E-state index is 13.3. The van der Waals surface area contributed by atoms with Crippen LogP contribution in [0, 0.1) is 23.1 Å². The quantitative estimate of drug-likeness (QED) is 0.637. The molecule has 1 atom stereocenters. The SMILES string of the molecule is COc1cc(C=CC(=O)NC(c2ccc(F)cc2)C2CCCC2)ccc1OCC#N. The Hall–Kier alpha value is -3.33. The topological polar surface area (TPSA) is 71.3 Å². The van der Waals surface area contributed by atoms with E-state index >= 15 is 0 Å². The van der Waals surface area contributed by atoms with Crippen molar-refractivity contribution in [1.82, 2.24) is 5.32 Å². The molecule has 0 aliphatic heterocycles. The number of carbonyl (C=O) groups is 1. The Kier molecular flexibility index (Phi) is 7.45. The van der Waals surface area contributed by atoms with Crippen molar-refractivity contribution in [2.24, 2.45) is 5.92 Å². The number of halogens is 1. The fraction of sp³-hybridized carbons (Fsp3) is 0.333. The van der Waals surface area contributed by atoms with Crippen LogP contribution in [-0.2, 0) is 4.79 Å². The Balaban J connectivity index is 1.71. The van der Waals surface area contributed by atoms with Crippen molar-refractivity contribution in [3.05, 3.63) is 65.5 Å². The Bertz CT molecular complexity index is 928. The molecule has 1 saturated carbocycles. The number of amides is 1. The van der Waals surface area contributed by atoms with E-state index in [1.54, 1.807) is 36.4 Å². The first-order chi connectivity index (χ1) is 14.6. The predicted octanol–water partition coefficient (Wildman–Crippen LogP) is 4.80. The summed E-state index contributed by atoms with van der Waals surface area (Å²) >= 11 is 0. The van der Waals surface area contributed by atoms with Gasteiger partial charge in [0.25, 0.3) is 0 Å². The summed E-state index contributed by atoms with van der Waals surface area (Å²) in [6, 6.07) is 13.4. The van der Waals surface area contributed by atoms with Crippen LogP contribution in [0.1, 0.15) is 42.9 Å². The molecule has 1 fully saturated rings. The summed E-state index contributed by atoms with van der Waals surface area (Å²) in [6.45, 7) is -0.0696. The molecule has 0 spiro atoms. The van der Waals surface area contributed by atoms with Crippen LogP contribution in [0.4, 0.5) is 4.39 Å². The Morgan fingerprint density at radius 1 is 1.23 bits per heavy atom. The van der Waals surface area contributed by atoms with E-state index in [0.29, 0.717) is 17.4 Å². The minimum atomic E-state index is -0.286. The fourth-order valence-electron chi connectivity index (χ4n) is 3.82. The zero-order valence-corrected chi connectivity index (χ0v) is 16.9. The van der Waals surface area contributed by atoms with Crippen molar-refractivity contribution >= 4 is 12.0 Å². The van der Waals surface area contributed by atoms with Crippen LogP contribution in [0.2, 0.25) is 0 Å². The molecule has 2 aromatic rings. The lowest BCUT2D eigenvalue weighted by atomic mass is 9.91. The molecule has 0 aromatic heterocycles. The molecule has 1 amide bonds. The van der Waals surface area contributed by atoms with Crippen LogP contribution in [0.3, 0.4) is 0 Å². The minimum absolute atomic E-state index is 0.0696. The third-order valence-electron chi connectivity index (χ3n) is 5.31. The van der Waals surface area contributed by atoms with Gasteiger partial charge in [-0.1, -0.05) is 31.0 Å². The molecule has 30 heavy (non-hydrogen) atoms. The largest absolute Gasteiger partial charge is 0.493 e. The highest BCUT2D eigenvalue weighted by Gasteiger charge is 2.27. The molecular formula is C24H25FN2O3. The number of methoxy groups -OCH3 is 1. The van der Waals surface area contributed by atoms with E-state index in [0.717, 1.165) is 36.8 Å². The fourth-order valence-corrected chi connectivity index (χ4v) is 3.82. The summed E-state index contributed by atoms with van der Waals surface area (Å²) in [5.41, 5.74) is 1.69. The molecule has 0 bridgehead atoms. The van der Waals surface area contributed by atoms with Crippen LogP contribution in [0.5, 0.6) is 11.5 Å². The molecule has 5 nitrogen and oxygen atoms in total. The average molecular weight is 408 g/mol. The molecule has 0 heterocycles. The lowest BCUT2D eigenvalue weighted by molar-refractivity contribution is -0.117. The van der Waals surface area contributed by atoms with E-state index in [9.17, 15) is 9.18 Å². The van der Waals surface area contributed by atoms with E-state index in [-0.39, 0.29) is 24.4 Å². The number of rotatable bonds is 8. The predicted molar refractivity (Wildman–Crippen MR) is 112 cm³/mol. The van der Waals surface area contributed by atoms with Gasteiger partial charge in [-0.3, -0.25) is 4.79 Å². The second kappa shape index (κ2) is 10.4. The normalized spacial score (nSPS) is 15.0. The van der Waals surface area contributed by atoms with E-state index in [1.807, 2.05) is 6.07 Å². The van der Waals surface area contributed by atoms with E-state index < -0.39 is 0 Å². The van der Waals surface area contributed by atoms with Crippen LogP contribution < -0.4 is 14.8 Å². The second-order valence-corrected chi connectivity index (χ2v) is 7.27. The molecule has 1 N–H and O–H groups in total. The summed E-state index contributed by atoms with van der Waals surface area (Å²) < 4.78 is 23.9. The number of ether oxygens (including phenoxy) is 2. The van der Waals surface area contributed by atoms with Gasteiger partial charge in [-0.15, -0.1) is 0 Å². The number of nitrogens with zero attached hydrogens (tertiary/aromatic N) is 1. The van der Waals surface area contributed by atoms with Crippen LogP contribution in [-0.4, -0.2) is 19.6 Å². The lowest BCUT2D eigenvalue weighted by Crippen LogP contribution is -2.31. The van der Waals surface area contributed by atoms with Gasteiger partial charge in [-0.2, -0.15) is 5.26 Å². The van der Waals surface area contributed by atoms with Crippen molar-refractivity contribution in [2.75, 3.05) is 13.7 Å². The average Bonchev–Trinajstić information content (AvgIpc) is 3.30. The first-order valence-corrected chi connectivity index (χ1v) is 10.0. The first-order valence-electron chi connectivity index (χ1n) is 10.0. The van der Waals surface area contributed by atoms with Gasteiger partial charge in [-0.05, 0) is 60.2 Å². The molecule has 1 unspecified atom stereocenters. The number of nitriles is 1. The van der Waals surface area contributed by atoms with Crippen molar-refractivity contribution in [2.45, 2.75) is 31.7 Å². The van der Waals surface area contributed by atoms with E-state index in [1.165, 1.54) is 25.3 Å². The van der Waals surface area contributed by atoms with Gasteiger partial charge < -0.3 is 14.8 Å². The summed E-state index contributed by atoms with van der Waals surface area (Å²) in [6.07, 6.45) is 7.57. The summed E-state index contributed by atoms with van der Waals surface area (Å²) in [5, 5.41) is 11.7. The molecule has 156 valence electrons. The maximum absolute atomic E-state index is 13.3. The first kappa shape index (κ1) is 21.4. The molecular weight excluding hydrogens is 383 g/mol. The van der Waals surface area contributed by atoms with E-state index in [4.69, 9.17) is 14.7 Å². The van der Waals surface area contributed by atoms with Gasteiger partial charge in [0.05, 0.1) is 13.2 Å². The minimum Gasteiger partial charge on any atom is -0.493 e. The maximum Gasteiger partial charge on any atom is 0.244 e. The monoisotopic (exact) mass is 408 g/mol. The van der Waals surface area contributed by atoms with Gasteiger partial charge >= 0.3 is 0 Å². The van der Waals surface area contributed by atoms with Gasteiger partial charge in [0.2, 0.25) is 5.91 Å². The number of benzene rings is 2. The molecule has 2 aromatic carbocycles. The van der Waals surface area contributed by atoms with Crippen molar-refractivity contribution < 1.29 is 18.7 Å². The number of nitrogens with one attached hydrogen (secondary N) is 1. The third-order valence-corrected chi connectivity index (χ3v) is 5.31. The molecule has 6 heteroatoms. The highest BCUT2D eigenvalue weighted by atomic mass is 19.1. The molecule has 1 aliphatic rings. The summed E-state index contributed by atoms with van der Waals surface area (Å²) in [4.78, 5) is 12.6. The summed E-state index contributed by atoms with van der Waals surface area (Å²) in [5.74, 6) is 0.817. The molecule has 0 radical (unpaired) electrons. The van der Waals surface area contributed by atoms with Gasteiger partial charge in [0.1, 0.15) is 11.9 Å². The zero-order chi connectivity index (χ0) is 21.3. The lowest BCUT2D eigenvalue weighted by Gasteiger charge is -2.24. The highest BCUT2D eigenvalue weighted by Crippen LogP contribution is 2.36. The molecule has 0 saturated heterocycles. The number of carbonyl (C=O) groups excluding carboxylic acids is 1. The number of hydrogen-bond acceptors (Lipinski definition) is 4. The summed E-state index contributed by atoms with van der Waals surface area (Å²) in [7, 11) is 1.52. The third kappa shape index (κ3) is 5.60. The second-order valence-electron chi connectivity index (χ2n) is 7.27. The van der Waals surface area contributed by atoms with Gasteiger partial charge in [-0.25, -0.2) is 4.39 Å². The van der Waals surface area contributed by atoms with Crippen molar-refractivity contribution in [3.63, 3.8) is 0 Å². The molecule has 1 aliphatic carbocycles. The van der Waals surface area contributed by atoms with Gasteiger partial charge in [0, 0.05) is 6.08 Å². The van der Waals surface area contributed by atoms with Crippen molar-refractivity contribution in [3.8, 4) is 17.6 Å². The van der Waals surface area contributed by atoms with Crippen LogP contribution in [0.15, 0.2) is 48.5 Å². The smallest absolute Gasteiger partial charge is 0.244 e. The Morgan fingerprint density at radius 3 is 2.63 bits per heavy atom. The Morgan fingerprint density at radius 2 is 1.97 bits per heavy atom. The Labute approximate surface area is 176 Å².